The lowest BCUT2D eigenvalue weighted by Gasteiger charge is -2.39. The van der Waals surface area contributed by atoms with Gasteiger partial charge < -0.3 is 35.0 Å². The van der Waals surface area contributed by atoms with Crippen molar-refractivity contribution in [2.75, 3.05) is 6.61 Å². The van der Waals surface area contributed by atoms with Gasteiger partial charge in [-0.3, -0.25) is 4.79 Å². The summed E-state index contributed by atoms with van der Waals surface area (Å²) in [6.45, 7) is -0.526. The van der Waals surface area contributed by atoms with Gasteiger partial charge in [0.2, 0.25) is 6.29 Å². The summed E-state index contributed by atoms with van der Waals surface area (Å²) < 4.78 is 10.9. The van der Waals surface area contributed by atoms with Gasteiger partial charge in [0.25, 0.3) is 0 Å². The highest BCUT2D eigenvalue weighted by Crippen LogP contribution is 2.27. The summed E-state index contributed by atoms with van der Waals surface area (Å²) in [6, 6.07) is 14.0. The van der Waals surface area contributed by atoms with Gasteiger partial charge in [-0.25, -0.2) is 0 Å². The molecule has 0 amide bonds. The lowest BCUT2D eigenvalue weighted by atomic mass is 9.99. The van der Waals surface area contributed by atoms with Gasteiger partial charge in [-0.1, -0.05) is 36.4 Å². The highest BCUT2D eigenvalue weighted by atomic mass is 16.7. The normalized spacial score (nSPS) is 27.4. The molecule has 1 aliphatic rings. The maximum Gasteiger partial charge on any atom is 0.307 e. The van der Waals surface area contributed by atoms with E-state index in [1.165, 1.54) is 0 Å². The Labute approximate surface area is 161 Å². The van der Waals surface area contributed by atoms with Crippen LogP contribution in [0.25, 0.3) is 11.1 Å². The van der Waals surface area contributed by atoms with Gasteiger partial charge in [0.1, 0.15) is 30.2 Å². The first-order valence-corrected chi connectivity index (χ1v) is 8.77. The van der Waals surface area contributed by atoms with E-state index in [0.29, 0.717) is 11.3 Å². The molecule has 5 atom stereocenters. The Kier molecular flexibility index (Phi) is 6.28. The predicted molar refractivity (Wildman–Crippen MR) is 97.6 cm³/mol. The standard InChI is InChI=1S/C20H22O8/c21-10-15-17(24)18(25)19(26)20(28-15)27-14-7-5-13(6-8-14)12-3-1-11(2-4-12)9-16(22)23/h1-8,15,17-21,24-26H,9-10H2,(H,22,23)/t15-,17-,18+,19+,20+/m1/s1. The summed E-state index contributed by atoms with van der Waals surface area (Å²) in [5.41, 5.74) is 2.48. The molecule has 2 aromatic rings. The molecule has 0 aliphatic carbocycles. The minimum atomic E-state index is -1.50. The van der Waals surface area contributed by atoms with Crippen LogP contribution in [0, 0.1) is 0 Å². The number of aliphatic hydroxyl groups is 4. The molecule has 0 aromatic heterocycles. The van der Waals surface area contributed by atoms with Crippen LogP contribution in [0.3, 0.4) is 0 Å². The second kappa shape index (κ2) is 8.68. The molecule has 0 unspecified atom stereocenters. The van der Waals surface area contributed by atoms with Crippen LogP contribution in [0.5, 0.6) is 5.75 Å². The van der Waals surface area contributed by atoms with E-state index in [0.717, 1.165) is 11.1 Å². The van der Waals surface area contributed by atoms with Gasteiger partial charge in [0.05, 0.1) is 13.0 Å². The molecule has 1 saturated heterocycles. The average Bonchev–Trinajstić information content (AvgIpc) is 2.69. The number of aliphatic hydroxyl groups excluding tert-OH is 4. The van der Waals surface area contributed by atoms with Crippen molar-refractivity contribution in [2.45, 2.75) is 37.1 Å². The second-order valence-corrected chi connectivity index (χ2v) is 6.61. The third-order valence-corrected chi connectivity index (χ3v) is 4.60. The third kappa shape index (κ3) is 4.49. The van der Waals surface area contributed by atoms with E-state index in [1.807, 2.05) is 12.1 Å². The van der Waals surface area contributed by atoms with Gasteiger partial charge in [0, 0.05) is 0 Å². The first kappa shape index (κ1) is 20.2. The monoisotopic (exact) mass is 390 g/mol. The van der Waals surface area contributed by atoms with Crippen molar-refractivity contribution in [1.82, 2.24) is 0 Å². The topological polar surface area (TPSA) is 137 Å². The fourth-order valence-corrected chi connectivity index (χ4v) is 3.01. The smallest absolute Gasteiger partial charge is 0.307 e. The largest absolute Gasteiger partial charge is 0.481 e. The summed E-state index contributed by atoms with van der Waals surface area (Å²) in [6.07, 6.45) is -6.72. The lowest BCUT2D eigenvalue weighted by molar-refractivity contribution is -0.277. The zero-order chi connectivity index (χ0) is 20.3. The number of carboxylic acids is 1. The first-order chi connectivity index (χ1) is 13.4. The molecule has 8 heteroatoms. The molecule has 1 aliphatic heterocycles. The van der Waals surface area contributed by atoms with Gasteiger partial charge in [-0.2, -0.15) is 0 Å². The number of carbonyl (C=O) groups is 1. The first-order valence-electron chi connectivity index (χ1n) is 8.77. The maximum atomic E-state index is 10.7. The molecule has 3 rings (SSSR count). The van der Waals surface area contributed by atoms with Crippen LogP contribution < -0.4 is 4.74 Å². The van der Waals surface area contributed by atoms with Crippen LogP contribution >= 0.6 is 0 Å². The zero-order valence-electron chi connectivity index (χ0n) is 14.9. The van der Waals surface area contributed by atoms with E-state index in [-0.39, 0.29) is 6.42 Å². The molecule has 150 valence electrons. The summed E-state index contributed by atoms with van der Waals surface area (Å²) in [5, 5.41) is 47.6. The summed E-state index contributed by atoms with van der Waals surface area (Å²) in [7, 11) is 0. The molecule has 8 nitrogen and oxygen atoms in total. The summed E-state index contributed by atoms with van der Waals surface area (Å²) in [5.74, 6) is -0.516. The van der Waals surface area contributed by atoms with E-state index < -0.39 is 43.3 Å². The van der Waals surface area contributed by atoms with Crippen LogP contribution in [0.2, 0.25) is 0 Å². The quantitative estimate of drug-likeness (QED) is 0.470. The Hall–Kier alpha value is -2.49. The molecule has 0 saturated carbocycles. The lowest BCUT2D eigenvalue weighted by Crippen LogP contribution is -2.60. The van der Waals surface area contributed by atoms with Crippen LogP contribution in [-0.4, -0.2) is 68.8 Å². The van der Waals surface area contributed by atoms with Gasteiger partial charge >= 0.3 is 5.97 Å². The minimum absolute atomic E-state index is 0.0356. The molecule has 1 fully saturated rings. The minimum Gasteiger partial charge on any atom is -0.481 e. The van der Waals surface area contributed by atoms with Crippen molar-refractivity contribution in [3.63, 3.8) is 0 Å². The molecule has 0 spiro atoms. The Morgan fingerprint density at radius 2 is 1.46 bits per heavy atom. The fourth-order valence-electron chi connectivity index (χ4n) is 3.01. The second-order valence-electron chi connectivity index (χ2n) is 6.61. The number of rotatable bonds is 6. The molecule has 1 heterocycles. The van der Waals surface area contributed by atoms with Crippen LogP contribution in [0.15, 0.2) is 48.5 Å². The number of hydrogen-bond acceptors (Lipinski definition) is 7. The van der Waals surface area contributed by atoms with Crippen molar-refractivity contribution in [1.29, 1.82) is 0 Å². The number of benzene rings is 2. The summed E-state index contributed by atoms with van der Waals surface area (Å²) >= 11 is 0. The number of aliphatic carboxylic acids is 1. The third-order valence-electron chi connectivity index (χ3n) is 4.60. The van der Waals surface area contributed by atoms with Crippen molar-refractivity contribution in [3.8, 4) is 16.9 Å². The fraction of sp³-hybridized carbons (Fsp3) is 0.350. The van der Waals surface area contributed by atoms with E-state index in [9.17, 15) is 25.2 Å². The van der Waals surface area contributed by atoms with Crippen molar-refractivity contribution >= 4 is 5.97 Å². The van der Waals surface area contributed by atoms with Crippen molar-refractivity contribution in [2.24, 2.45) is 0 Å². The SMILES string of the molecule is O=C(O)Cc1ccc(-c2ccc(O[C@H]3O[C@H](CO)[C@@H](O)[C@H](O)[C@@H]3O)cc2)cc1. The van der Waals surface area contributed by atoms with E-state index >= 15 is 0 Å². The Morgan fingerprint density at radius 1 is 0.893 bits per heavy atom. The van der Waals surface area contributed by atoms with Gasteiger partial charge in [-0.05, 0) is 28.8 Å². The van der Waals surface area contributed by atoms with Crippen LogP contribution in [-0.2, 0) is 16.0 Å². The number of ether oxygens (including phenoxy) is 2. The van der Waals surface area contributed by atoms with Crippen molar-refractivity contribution < 1.29 is 39.8 Å². The number of carboxylic acid groups (broad SMARTS) is 1. The van der Waals surface area contributed by atoms with Crippen LogP contribution in [0.1, 0.15) is 5.56 Å². The molecule has 0 bridgehead atoms. The Morgan fingerprint density at radius 3 is 2.00 bits per heavy atom. The molecule has 28 heavy (non-hydrogen) atoms. The molecular weight excluding hydrogens is 368 g/mol. The average molecular weight is 390 g/mol. The predicted octanol–water partition coefficient (Wildman–Crippen LogP) is 0.159. The maximum absolute atomic E-state index is 10.7. The van der Waals surface area contributed by atoms with Gasteiger partial charge in [-0.15, -0.1) is 0 Å². The molecular formula is C20H22O8. The Balaban J connectivity index is 1.68. The van der Waals surface area contributed by atoms with E-state index in [4.69, 9.17) is 14.6 Å². The molecule has 0 radical (unpaired) electrons. The highest BCUT2D eigenvalue weighted by molar-refractivity contribution is 5.71. The highest BCUT2D eigenvalue weighted by Gasteiger charge is 2.44. The van der Waals surface area contributed by atoms with E-state index in [2.05, 4.69) is 0 Å². The zero-order valence-corrected chi connectivity index (χ0v) is 14.9. The molecule has 2 aromatic carbocycles. The van der Waals surface area contributed by atoms with Gasteiger partial charge in [0.15, 0.2) is 0 Å². The number of hydrogen-bond donors (Lipinski definition) is 5. The van der Waals surface area contributed by atoms with E-state index in [1.54, 1.807) is 36.4 Å². The Bertz CT molecular complexity index is 787. The molecule has 5 N–H and O–H groups in total. The van der Waals surface area contributed by atoms with Crippen molar-refractivity contribution in [3.05, 3.63) is 54.1 Å². The summed E-state index contributed by atoms with van der Waals surface area (Å²) in [4.78, 5) is 10.7. The van der Waals surface area contributed by atoms with Crippen LogP contribution in [0.4, 0.5) is 0 Å².